The van der Waals surface area contributed by atoms with Gasteiger partial charge < -0.3 is 0 Å². The van der Waals surface area contributed by atoms with Gasteiger partial charge in [0.1, 0.15) is 0 Å². The summed E-state index contributed by atoms with van der Waals surface area (Å²) in [5.41, 5.74) is 1.33. The molecule has 3 heteroatoms. The highest BCUT2D eigenvalue weighted by Gasteiger charge is 2.09. The third-order valence-corrected chi connectivity index (χ3v) is 5.13. The number of rotatable bonds is 7. The summed E-state index contributed by atoms with van der Waals surface area (Å²) in [6.45, 7) is 2.16. The summed E-state index contributed by atoms with van der Waals surface area (Å²) < 4.78 is 24.2. The van der Waals surface area contributed by atoms with Gasteiger partial charge >= 0.3 is 0 Å². The average molecular weight is 314 g/mol. The van der Waals surface area contributed by atoms with E-state index in [0.717, 1.165) is 19.3 Å². The molecule has 1 atom stereocenters. The fourth-order valence-corrected chi connectivity index (χ4v) is 3.34. The summed E-state index contributed by atoms with van der Waals surface area (Å²) in [7, 11) is -3.30. The number of sulfone groups is 1. The van der Waals surface area contributed by atoms with Crippen LogP contribution < -0.4 is 0 Å². The minimum absolute atomic E-state index is 0.350. The van der Waals surface area contributed by atoms with Crippen molar-refractivity contribution in [2.45, 2.75) is 31.1 Å². The molecule has 0 bridgehead atoms. The summed E-state index contributed by atoms with van der Waals surface area (Å²) >= 11 is 0. The van der Waals surface area contributed by atoms with Crippen LogP contribution in [0.2, 0.25) is 0 Å². The Labute approximate surface area is 133 Å². The number of hydrogen-bond acceptors (Lipinski definition) is 2. The molecule has 0 heterocycles. The minimum atomic E-state index is -3.30. The first-order valence-electron chi connectivity index (χ1n) is 7.58. The zero-order valence-electron chi connectivity index (χ0n) is 12.9. The van der Waals surface area contributed by atoms with Crippen molar-refractivity contribution in [3.63, 3.8) is 0 Å². The molecule has 0 aliphatic heterocycles. The molecule has 0 spiro atoms. The van der Waals surface area contributed by atoms with E-state index >= 15 is 0 Å². The Hall–Kier alpha value is -1.87. The van der Waals surface area contributed by atoms with Crippen molar-refractivity contribution >= 4 is 9.84 Å². The van der Waals surface area contributed by atoms with Crippen LogP contribution in [0.4, 0.5) is 0 Å². The van der Waals surface area contributed by atoms with Crippen molar-refractivity contribution in [2.24, 2.45) is 5.92 Å². The third kappa shape index (κ3) is 5.15. The molecule has 22 heavy (non-hydrogen) atoms. The lowest BCUT2D eigenvalue weighted by atomic mass is 9.98. The molecule has 2 aromatic carbocycles. The maximum atomic E-state index is 12.1. The summed E-state index contributed by atoms with van der Waals surface area (Å²) in [5, 5.41) is 1.33. The first-order valence-corrected chi connectivity index (χ1v) is 9.13. The van der Waals surface area contributed by atoms with Crippen molar-refractivity contribution in [1.29, 1.82) is 0 Å². The van der Waals surface area contributed by atoms with Crippen molar-refractivity contribution in [1.82, 2.24) is 0 Å². The Balaban J connectivity index is 1.84. The Morgan fingerprint density at radius 3 is 2.18 bits per heavy atom. The third-order valence-electron chi connectivity index (χ3n) is 3.65. The van der Waals surface area contributed by atoms with Gasteiger partial charge in [0.2, 0.25) is 0 Å². The molecule has 0 amide bonds. The van der Waals surface area contributed by atoms with Gasteiger partial charge in [-0.1, -0.05) is 61.5 Å². The highest BCUT2D eigenvalue weighted by Crippen LogP contribution is 2.16. The van der Waals surface area contributed by atoms with E-state index in [1.165, 1.54) is 11.0 Å². The standard InChI is InChI=1S/C19H22O2S/c1-17(14-15-18-10-4-2-5-11-18)9-8-16-22(20,21)19-12-6-3-7-13-19/h2-8,10-13,16-17H,9,14-15H2,1H3/b16-8+. The molecule has 0 aliphatic rings. The van der Waals surface area contributed by atoms with Crippen molar-refractivity contribution in [3.8, 4) is 0 Å². The highest BCUT2D eigenvalue weighted by molar-refractivity contribution is 7.94. The second-order valence-corrected chi connectivity index (χ2v) is 7.43. The SMILES string of the molecule is CC(C/C=C/S(=O)(=O)c1ccccc1)CCc1ccccc1. The predicted molar refractivity (Wildman–Crippen MR) is 91.3 cm³/mol. The fourth-order valence-electron chi connectivity index (χ4n) is 2.28. The Bertz CT molecular complexity index is 689. The van der Waals surface area contributed by atoms with Gasteiger partial charge in [0, 0.05) is 5.41 Å². The van der Waals surface area contributed by atoms with Gasteiger partial charge in [0.25, 0.3) is 0 Å². The van der Waals surface area contributed by atoms with E-state index in [9.17, 15) is 8.42 Å². The molecule has 0 radical (unpaired) electrons. The van der Waals surface area contributed by atoms with Crippen LogP contribution in [-0.2, 0) is 16.3 Å². The van der Waals surface area contributed by atoms with Crippen LogP contribution in [0.15, 0.2) is 77.0 Å². The van der Waals surface area contributed by atoms with Crippen molar-refractivity contribution < 1.29 is 8.42 Å². The molecular formula is C19H22O2S. The Morgan fingerprint density at radius 2 is 1.55 bits per heavy atom. The monoisotopic (exact) mass is 314 g/mol. The lowest BCUT2D eigenvalue weighted by Crippen LogP contribution is -1.98. The molecule has 0 N–H and O–H groups in total. The van der Waals surface area contributed by atoms with Crippen LogP contribution in [-0.4, -0.2) is 8.42 Å². The van der Waals surface area contributed by atoms with E-state index in [-0.39, 0.29) is 0 Å². The van der Waals surface area contributed by atoms with Crippen molar-refractivity contribution in [3.05, 3.63) is 77.7 Å². The van der Waals surface area contributed by atoms with Crippen LogP contribution in [0.1, 0.15) is 25.3 Å². The maximum absolute atomic E-state index is 12.1. The van der Waals surface area contributed by atoms with E-state index in [0.29, 0.717) is 10.8 Å². The highest BCUT2D eigenvalue weighted by atomic mass is 32.2. The van der Waals surface area contributed by atoms with Gasteiger partial charge in [-0.2, -0.15) is 0 Å². The van der Waals surface area contributed by atoms with Gasteiger partial charge in [0.15, 0.2) is 9.84 Å². The summed E-state index contributed by atoms with van der Waals surface area (Å²) in [6.07, 6.45) is 4.64. The normalized spacial score (nSPS) is 13.3. The lowest BCUT2D eigenvalue weighted by Gasteiger charge is -2.08. The van der Waals surface area contributed by atoms with Crippen LogP contribution in [0, 0.1) is 5.92 Å². The minimum Gasteiger partial charge on any atom is -0.219 e. The van der Waals surface area contributed by atoms with Crippen molar-refractivity contribution in [2.75, 3.05) is 0 Å². The summed E-state index contributed by atoms with van der Waals surface area (Å²) in [4.78, 5) is 0.350. The molecule has 0 saturated carbocycles. The summed E-state index contributed by atoms with van der Waals surface area (Å²) in [5.74, 6) is 0.461. The maximum Gasteiger partial charge on any atom is 0.199 e. The number of benzene rings is 2. The molecular weight excluding hydrogens is 292 g/mol. The molecule has 116 valence electrons. The van der Waals surface area contributed by atoms with Crippen LogP contribution in [0.5, 0.6) is 0 Å². The average Bonchev–Trinajstić information content (AvgIpc) is 2.54. The molecule has 0 fully saturated rings. The Kier molecular flexibility index (Phi) is 5.96. The zero-order chi connectivity index (χ0) is 15.8. The van der Waals surface area contributed by atoms with Crippen LogP contribution in [0.3, 0.4) is 0 Å². The number of hydrogen-bond donors (Lipinski definition) is 0. The first-order chi connectivity index (χ1) is 10.6. The van der Waals surface area contributed by atoms with Gasteiger partial charge in [-0.25, -0.2) is 8.42 Å². The van der Waals surface area contributed by atoms with E-state index in [1.807, 2.05) is 24.3 Å². The Morgan fingerprint density at radius 1 is 0.955 bits per heavy atom. The fraction of sp³-hybridized carbons (Fsp3) is 0.263. The molecule has 1 unspecified atom stereocenters. The second-order valence-electron chi connectivity index (χ2n) is 5.59. The van der Waals surface area contributed by atoms with Crippen LogP contribution >= 0.6 is 0 Å². The summed E-state index contributed by atoms with van der Waals surface area (Å²) in [6, 6.07) is 18.9. The quantitative estimate of drug-likeness (QED) is 0.746. The molecule has 0 aromatic heterocycles. The van der Waals surface area contributed by atoms with Crippen LogP contribution in [0.25, 0.3) is 0 Å². The van der Waals surface area contributed by atoms with Gasteiger partial charge in [-0.05, 0) is 42.9 Å². The second kappa shape index (κ2) is 7.95. The van der Waals surface area contributed by atoms with E-state index in [2.05, 4.69) is 19.1 Å². The largest absolute Gasteiger partial charge is 0.219 e. The molecule has 0 aliphatic carbocycles. The molecule has 2 rings (SSSR count). The van der Waals surface area contributed by atoms with Gasteiger partial charge in [-0.15, -0.1) is 0 Å². The van der Waals surface area contributed by atoms with Gasteiger partial charge in [-0.3, -0.25) is 0 Å². The predicted octanol–water partition coefficient (Wildman–Crippen LogP) is 4.63. The van der Waals surface area contributed by atoms with Gasteiger partial charge in [0.05, 0.1) is 4.90 Å². The van der Waals surface area contributed by atoms with E-state index in [4.69, 9.17) is 0 Å². The van der Waals surface area contributed by atoms with E-state index in [1.54, 1.807) is 30.3 Å². The first kappa shape index (κ1) is 16.5. The number of aryl methyl sites for hydroxylation is 1. The zero-order valence-corrected chi connectivity index (χ0v) is 13.7. The van der Waals surface area contributed by atoms with E-state index < -0.39 is 9.84 Å². The molecule has 2 nitrogen and oxygen atoms in total. The molecule has 0 saturated heterocycles. The molecule has 2 aromatic rings. The number of allylic oxidation sites excluding steroid dienone is 1. The topological polar surface area (TPSA) is 34.1 Å². The lowest BCUT2D eigenvalue weighted by molar-refractivity contribution is 0.540. The smallest absolute Gasteiger partial charge is 0.199 e.